The fourth-order valence-electron chi connectivity index (χ4n) is 2.56. The maximum absolute atomic E-state index is 11.8. The molecule has 4 heteroatoms. The van der Waals surface area contributed by atoms with Crippen molar-refractivity contribution >= 4 is 11.6 Å². The van der Waals surface area contributed by atoms with Crippen LogP contribution in [0.5, 0.6) is 0 Å². The summed E-state index contributed by atoms with van der Waals surface area (Å²) in [5.41, 5.74) is 7.69. The van der Waals surface area contributed by atoms with Gasteiger partial charge in [-0.3, -0.25) is 4.79 Å². The molecule has 4 N–H and O–H groups in total. The van der Waals surface area contributed by atoms with Crippen molar-refractivity contribution in [2.75, 3.05) is 5.32 Å². The number of carbonyl (C=O) groups excluding carboxylic acids is 1. The van der Waals surface area contributed by atoms with E-state index in [0.29, 0.717) is 17.6 Å². The lowest BCUT2D eigenvalue weighted by atomic mass is 9.91. The number of rotatable bonds is 4. The molecular formula is C16H25N3O. The average Bonchev–Trinajstić information content (AvgIpc) is 2.41. The van der Waals surface area contributed by atoms with Crippen LogP contribution in [-0.4, -0.2) is 24.0 Å². The number of amides is 1. The minimum Gasteiger partial charge on any atom is -0.382 e. The molecule has 4 nitrogen and oxygen atoms in total. The van der Waals surface area contributed by atoms with Gasteiger partial charge in [-0.1, -0.05) is 0 Å². The van der Waals surface area contributed by atoms with Gasteiger partial charge in [0.1, 0.15) is 0 Å². The summed E-state index contributed by atoms with van der Waals surface area (Å²) in [4.78, 5) is 11.8. The Kier molecular flexibility index (Phi) is 5.01. The maximum atomic E-state index is 11.8. The number of anilines is 1. The Bertz CT molecular complexity index is 434. The van der Waals surface area contributed by atoms with E-state index in [2.05, 4.69) is 10.6 Å². The monoisotopic (exact) mass is 275 g/mol. The van der Waals surface area contributed by atoms with Crippen molar-refractivity contribution in [1.82, 2.24) is 5.32 Å². The third kappa shape index (κ3) is 4.23. The molecule has 0 aliphatic heterocycles. The summed E-state index contributed by atoms with van der Waals surface area (Å²) in [6.07, 6.45) is 4.42. The lowest BCUT2D eigenvalue weighted by Gasteiger charge is -2.27. The molecule has 0 spiro atoms. The molecule has 110 valence electrons. The first-order valence-electron chi connectivity index (χ1n) is 7.47. The zero-order valence-corrected chi connectivity index (χ0v) is 12.4. The normalized spacial score (nSPS) is 22.6. The molecule has 20 heavy (non-hydrogen) atoms. The van der Waals surface area contributed by atoms with Crippen LogP contribution in [0, 0.1) is 0 Å². The van der Waals surface area contributed by atoms with Gasteiger partial charge in [0.25, 0.3) is 5.91 Å². The van der Waals surface area contributed by atoms with Crippen LogP contribution in [0.15, 0.2) is 24.3 Å². The summed E-state index contributed by atoms with van der Waals surface area (Å²) >= 11 is 0. The topological polar surface area (TPSA) is 67.2 Å². The molecule has 1 aromatic rings. The van der Waals surface area contributed by atoms with Crippen LogP contribution < -0.4 is 16.4 Å². The van der Waals surface area contributed by atoms with E-state index in [9.17, 15) is 4.79 Å². The van der Waals surface area contributed by atoms with Crippen LogP contribution in [-0.2, 0) is 0 Å². The maximum Gasteiger partial charge on any atom is 0.251 e. The number of benzene rings is 1. The Balaban J connectivity index is 1.90. The quantitative estimate of drug-likeness (QED) is 0.791. The van der Waals surface area contributed by atoms with Gasteiger partial charge in [-0.15, -0.1) is 0 Å². The summed E-state index contributed by atoms with van der Waals surface area (Å²) in [5, 5.41) is 6.41. The first kappa shape index (κ1) is 14.9. The molecule has 1 saturated carbocycles. The molecular weight excluding hydrogens is 250 g/mol. The van der Waals surface area contributed by atoms with E-state index in [1.165, 1.54) is 0 Å². The molecule has 1 aromatic carbocycles. The van der Waals surface area contributed by atoms with Gasteiger partial charge < -0.3 is 16.4 Å². The van der Waals surface area contributed by atoms with Crippen LogP contribution >= 0.6 is 0 Å². The van der Waals surface area contributed by atoms with Crippen molar-refractivity contribution in [1.29, 1.82) is 0 Å². The van der Waals surface area contributed by atoms with Gasteiger partial charge in [-0.2, -0.15) is 0 Å². The fourth-order valence-corrected chi connectivity index (χ4v) is 2.56. The van der Waals surface area contributed by atoms with Crippen molar-refractivity contribution in [2.24, 2.45) is 5.73 Å². The Labute approximate surface area is 121 Å². The smallest absolute Gasteiger partial charge is 0.251 e. The van der Waals surface area contributed by atoms with Crippen LogP contribution in [0.4, 0.5) is 5.69 Å². The second-order valence-corrected chi connectivity index (χ2v) is 5.96. The van der Waals surface area contributed by atoms with Gasteiger partial charge in [0.2, 0.25) is 0 Å². The number of carbonyl (C=O) groups is 1. The van der Waals surface area contributed by atoms with Gasteiger partial charge in [-0.25, -0.2) is 0 Å². The molecule has 0 heterocycles. The summed E-state index contributed by atoms with van der Waals surface area (Å²) < 4.78 is 0. The molecule has 1 fully saturated rings. The average molecular weight is 275 g/mol. The van der Waals surface area contributed by atoms with Crippen LogP contribution in [0.3, 0.4) is 0 Å². The predicted octanol–water partition coefficient (Wildman–Crippen LogP) is 2.51. The number of nitrogens with one attached hydrogen (secondary N) is 2. The molecule has 0 aromatic heterocycles. The van der Waals surface area contributed by atoms with Gasteiger partial charge in [0.05, 0.1) is 0 Å². The second kappa shape index (κ2) is 6.75. The van der Waals surface area contributed by atoms with Crippen molar-refractivity contribution < 1.29 is 4.79 Å². The van der Waals surface area contributed by atoms with Crippen molar-refractivity contribution in [3.63, 3.8) is 0 Å². The van der Waals surface area contributed by atoms with E-state index in [-0.39, 0.29) is 11.9 Å². The largest absolute Gasteiger partial charge is 0.382 e. The van der Waals surface area contributed by atoms with Crippen LogP contribution in [0.25, 0.3) is 0 Å². The SMILES string of the molecule is CC(C)NC(=O)c1ccc(NC2CCC(N)CC2)cc1. The number of nitrogens with two attached hydrogens (primary N) is 1. The Hall–Kier alpha value is -1.55. The Morgan fingerprint density at radius 3 is 2.30 bits per heavy atom. The molecule has 0 atom stereocenters. The van der Waals surface area contributed by atoms with Crippen molar-refractivity contribution in [3.8, 4) is 0 Å². The zero-order chi connectivity index (χ0) is 14.5. The fraction of sp³-hybridized carbons (Fsp3) is 0.562. The highest BCUT2D eigenvalue weighted by Gasteiger charge is 2.18. The van der Waals surface area contributed by atoms with E-state index >= 15 is 0 Å². The standard InChI is InChI=1S/C16H25N3O/c1-11(2)18-16(20)12-3-7-14(8-4-12)19-15-9-5-13(17)6-10-15/h3-4,7-8,11,13,15,19H,5-6,9-10,17H2,1-2H3,(H,18,20). The van der Waals surface area contributed by atoms with E-state index in [0.717, 1.165) is 31.4 Å². The Morgan fingerprint density at radius 1 is 1.15 bits per heavy atom. The van der Waals surface area contributed by atoms with Crippen LogP contribution in [0.2, 0.25) is 0 Å². The highest BCUT2D eigenvalue weighted by Crippen LogP contribution is 2.21. The zero-order valence-electron chi connectivity index (χ0n) is 12.4. The summed E-state index contributed by atoms with van der Waals surface area (Å²) in [5.74, 6) is -0.0183. The first-order chi connectivity index (χ1) is 9.54. The molecule has 1 amide bonds. The van der Waals surface area contributed by atoms with Crippen molar-refractivity contribution in [2.45, 2.75) is 57.7 Å². The molecule has 0 radical (unpaired) electrons. The molecule has 1 aliphatic rings. The van der Waals surface area contributed by atoms with Crippen LogP contribution in [0.1, 0.15) is 49.9 Å². The van der Waals surface area contributed by atoms with E-state index in [1.807, 2.05) is 38.1 Å². The molecule has 0 bridgehead atoms. The summed E-state index contributed by atoms with van der Waals surface area (Å²) in [6, 6.07) is 8.73. The minimum absolute atomic E-state index is 0.0183. The van der Waals surface area contributed by atoms with Crippen molar-refractivity contribution in [3.05, 3.63) is 29.8 Å². The third-order valence-electron chi connectivity index (χ3n) is 3.71. The lowest BCUT2D eigenvalue weighted by molar-refractivity contribution is 0.0943. The molecule has 0 unspecified atom stereocenters. The van der Waals surface area contributed by atoms with Gasteiger partial charge in [-0.05, 0) is 63.8 Å². The summed E-state index contributed by atoms with van der Waals surface area (Å²) in [6.45, 7) is 3.92. The second-order valence-electron chi connectivity index (χ2n) is 5.96. The first-order valence-corrected chi connectivity index (χ1v) is 7.47. The third-order valence-corrected chi connectivity index (χ3v) is 3.71. The van der Waals surface area contributed by atoms with Gasteiger partial charge >= 0.3 is 0 Å². The molecule has 2 rings (SSSR count). The predicted molar refractivity (Wildman–Crippen MR) is 82.9 cm³/mol. The minimum atomic E-state index is -0.0183. The number of hydrogen-bond donors (Lipinski definition) is 3. The molecule has 0 saturated heterocycles. The van der Waals surface area contributed by atoms with E-state index in [4.69, 9.17) is 5.73 Å². The van der Waals surface area contributed by atoms with Gasteiger partial charge in [0, 0.05) is 29.4 Å². The van der Waals surface area contributed by atoms with Gasteiger partial charge in [0.15, 0.2) is 0 Å². The Morgan fingerprint density at radius 2 is 1.75 bits per heavy atom. The highest BCUT2D eigenvalue weighted by molar-refractivity contribution is 5.94. The summed E-state index contributed by atoms with van der Waals surface area (Å²) in [7, 11) is 0. The highest BCUT2D eigenvalue weighted by atomic mass is 16.1. The van der Waals surface area contributed by atoms with E-state index < -0.39 is 0 Å². The lowest BCUT2D eigenvalue weighted by Crippen LogP contribution is -2.32. The molecule has 1 aliphatic carbocycles. The number of hydrogen-bond acceptors (Lipinski definition) is 3. The van der Waals surface area contributed by atoms with E-state index in [1.54, 1.807) is 0 Å².